The molecule has 0 saturated carbocycles. The van der Waals surface area contributed by atoms with E-state index in [1.54, 1.807) is 0 Å². The first-order valence-corrected chi connectivity index (χ1v) is 6.62. The number of aryl methyl sites for hydroxylation is 1. The van der Waals surface area contributed by atoms with Gasteiger partial charge in [-0.1, -0.05) is 12.1 Å². The molecule has 4 heteroatoms. The zero-order valence-electron chi connectivity index (χ0n) is 10.8. The molecule has 0 bridgehead atoms. The predicted octanol–water partition coefficient (Wildman–Crippen LogP) is 2.58. The molecule has 0 aliphatic rings. The lowest BCUT2D eigenvalue weighted by Crippen LogP contribution is -2.35. The smallest absolute Gasteiger partial charge is 0.233 e. The maximum absolute atomic E-state index is 11.8. The Hall–Kier alpha value is -1.16. The fourth-order valence-corrected chi connectivity index (χ4v) is 2.40. The van der Waals surface area contributed by atoms with Gasteiger partial charge in [0.25, 0.3) is 0 Å². The van der Waals surface area contributed by atoms with Crippen molar-refractivity contribution in [2.75, 3.05) is 5.73 Å². The summed E-state index contributed by atoms with van der Waals surface area (Å²) in [5.41, 5.74) is 7.79. The molecule has 0 saturated heterocycles. The summed E-state index contributed by atoms with van der Waals surface area (Å²) in [7, 11) is 0. The highest BCUT2D eigenvalue weighted by molar-refractivity contribution is 8.00. The van der Waals surface area contributed by atoms with Gasteiger partial charge in [-0.25, -0.2) is 0 Å². The number of carbonyl (C=O) groups excluding carboxylic acids is 1. The number of hydrogen-bond donors (Lipinski definition) is 2. The van der Waals surface area contributed by atoms with Gasteiger partial charge in [0.15, 0.2) is 0 Å². The first-order chi connectivity index (χ1) is 7.91. The van der Waals surface area contributed by atoms with E-state index in [1.807, 2.05) is 45.9 Å². The Bertz CT molecular complexity index is 404. The van der Waals surface area contributed by atoms with Gasteiger partial charge < -0.3 is 11.1 Å². The molecule has 0 aliphatic carbocycles. The Morgan fingerprint density at radius 2 is 2.00 bits per heavy atom. The second-order valence-corrected chi connectivity index (χ2v) is 5.79. The molecule has 1 atom stereocenters. The minimum Gasteiger partial charge on any atom is -0.398 e. The van der Waals surface area contributed by atoms with Gasteiger partial charge in [0.05, 0.1) is 5.25 Å². The van der Waals surface area contributed by atoms with Crippen LogP contribution >= 0.6 is 11.8 Å². The molecule has 0 aliphatic heterocycles. The van der Waals surface area contributed by atoms with Crippen LogP contribution < -0.4 is 11.1 Å². The molecule has 0 fully saturated rings. The summed E-state index contributed by atoms with van der Waals surface area (Å²) >= 11 is 1.50. The number of hydrogen-bond acceptors (Lipinski definition) is 3. The van der Waals surface area contributed by atoms with E-state index in [4.69, 9.17) is 5.73 Å². The number of rotatable bonds is 4. The van der Waals surface area contributed by atoms with Crippen molar-refractivity contribution in [3.8, 4) is 0 Å². The fraction of sp³-hybridized carbons (Fsp3) is 0.462. The zero-order chi connectivity index (χ0) is 13.0. The van der Waals surface area contributed by atoms with Gasteiger partial charge in [-0.3, -0.25) is 4.79 Å². The highest BCUT2D eigenvalue weighted by Gasteiger charge is 2.16. The Labute approximate surface area is 107 Å². The number of nitrogens with one attached hydrogen (secondary N) is 1. The summed E-state index contributed by atoms with van der Waals surface area (Å²) in [5.74, 6) is 0.0471. The second kappa shape index (κ2) is 5.96. The molecule has 3 nitrogen and oxygen atoms in total. The molecule has 1 amide bonds. The van der Waals surface area contributed by atoms with Gasteiger partial charge in [-0.2, -0.15) is 0 Å². The average molecular weight is 252 g/mol. The fourth-order valence-electron chi connectivity index (χ4n) is 1.40. The number of benzene rings is 1. The molecule has 1 aromatic rings. The maximum Gasteiger partial charge on any atom is 0.233 e. The minimum atomic E-state index is -0.137. The summed E-state index contributed by atoms with van der Waals surface area (Å²) in [5, 5.41) is 2.76. The number of anilines is 1. The standard InChI is InChI=1S/C13H20N2OS/c1-8(2)15-13(16)10(4)17-11-7-5-6-9(3)12(11)14/h5-8,10H,14H2,1-4H3,(H,15,16). The van der Waals surface area contributed by atoms with Crippen LogP contribution in [-0.2, 0) is 4.79 Å². The summed E-state index contributed by atoms with van der Waals surface area (Å²) in [6.45, 7) is 7.77. The second-order valence-electron chi connectivity index (χ2n) is 4.41. The van der Waals surface area contributed by atoms with Crippen LogP contribution in [0.25, 0.3) is 0 Å². The summed E-state index contributed by atoms with van der Waals surface area (Å²) in [6.07, 6.45) is 0. The third-order valence-corrected chi connectivity index (χ3v) is 3.57. The molecule has 0 spiro atoms. The Balaban J connectivity index is 2.71. The van der Waals surface area contributed by atoms with Gasteiger partial charge in [-0.05, 0) is 39.3 Å². The molecule has 94 valence electrons. The molecule has 0 heterocycles. The van der Waals surface area contributed by atoms with E-state index in [1.165, 1.54) is 11.8 Å². The van der Waals surface area contributed by atoms with Crippen LogP contribution in [0.3, 0.4) is 0 Å². The molecule has 17 heavy (non-hydrogen) atoms. The SMILES string of the molecule is Cc1cccc(SC(C)C(=O)NC(C)C)c1N. The van der Waals surface area contributed by atoms with Crippen molar-refractivity contribution >= 4 is 23.4 Å². The molecular formula is C13H20N2OS. The first kappa shape index (κ1) is 13.9. The number of amides is 1. The topological polar surface area (TPSA) is 55.1 Å². The van der Waals surface area contributed by atoms with E-state index in [0.717, 1.165) is 16.1 Å². The van der Waals surface area contributed by atoms with Crippen molar-refractivity contribution in [2.45, 2.75) is 43.9 Å². The zero-order valence-corrected chi connectivity index (χ0v) is 11.6. The predicted molar refractivity (Wildman–Crippen MR) is 74.2 cm³/mol. The Morgan fingerprint density at radius 1 is 1.35 bits per heavy atom. The number of nitrogen functional groups attached to an aromatic ring is 1. The molecule has 0 aromatic heterocycles. The van der Waals surface area contributed by atoms with Gasteiger partial charge in [0, 0.05) is 16.6 Å². The largest absolute Gasteiger partial charge is 0.398 e. The van der Waals surface area contributed by atoms with Crippen LogP contribution in [0.2, 0.25) is 0 Å². The Kier molecular flexibility index (Phi) is 4.87. The summed E-state index contributed by atoms with van der Waals surface area (Å²) in [4.78, 5) is 12.8. The van der Waals surface area contributed by atoms with Crippen LogP contribution in [0.15, 0.2) is 23.1 Å². The van der Waals surface area contributed by atoms with E-state index >= 15 is 0 Å². The van der Waals surface area contributed by atoms with Crippen molar-refractivity contribution in [1.82, 2.24) is 5.32 Å². The van der Waals surface area contributed by atoms with E-state index < -0.39 is 0 Å². The molecule has 1 aromatic carbocycles. The number of nitrogens with two attached hydrogens (primary N) is 1. The van der Waals surface area contributed by atoms with Crippen LogP contribution in [0.1, 0.15) is 26.3 Å². The monoisotopic (exact) mass is 252 g/mol. The third kappa shape index (κ3) is 3.97. The van der Waals surface area contributed by atoms with Gasteiger partial charge in [-0.15, -0.1) is 11.8 Å². The lowest BCUT2D eigenvalue weighted by molar-refractivity contribution is -0.120. The highest BCUT2D eigenvalue weighted by atomic mass is 32.2. The van der Waals surface area contributed by atoms with E-state index in [9.17, 15) is 4.79 Å². The van der Waals surface area contributed by atoms with Gasteiger partial charge >= 0.3 is 0 Å². The van der Waals surface area contributed by atoms with Crippen LogP contribution in [0.4, 0.5) is 5.69 Å². The number of para-hydroxylation sites is 1. The van der Waals surface area contributed by atoms with E-state index in [2.05, 4.69) is 5.32 Å². The van der Waals surface area contributed by atoms with Crippen molar-refractivity contribution in [3.63, 3.8) is 0 Å². The molecule has 3 N–H and O–H groups in total. The van der Waals surface area contributed by atoms with Crippen molar-refractivity contribution in [3.05, 3.63) is 23.8 Å². The van der Waals surface area contributed by atoms with E-state index in [0.29, 0.717) is 0 Å². The Morgan fingerprint density at radius 3 is 2.59 bits per heavy atom. The number of thioether (sulfide) groups is 1. The average Bonchev–Trinajstić information content (AvgIpc) is 2.23. The first-order valence-electron chi connectivity index (χ1n) is 5.74. The van der Waals surface area contributed by atoms with Crippen molar-refractivity contribution < 1.29 is 4.79 Å². The lowest BCUT2D eigenvalue weighted by atomic mass is 10.2. The number of carbonyl (C=O) groups is 1. The third-order valence-electron chi connectivity index (χ3n) is 2.39. The maximum atomic E-state index is 11.8. The van der Waals surface area contributed by atoms with Gasteiger partial charge in [0.2, 0.25) is 5.91 Å². The van der Waals surface area contributed by atoms with E-state index in [-0.39, 0.29) is 17.2 Å². The molecule has 1 rings (SSSR count). The van der Waals surface area contributed by atoms with Crippen LogP contribution in [0.5, 0.6) is 0 Å². The van der Waals surface area contributed by atoms with Crippen molar-refractivity contribution in [2.24, 2.45) is 0 Å². The van der Waals surface area contributed by atoms with Crippen LogP contribution in [-0.4, -0.2) is 17.2 Å². The quantitative estimate of drug-likeness (QED) is 0.639. The van der Waals surface area contributed by atoms with Gasteiger partial charge in [0.1, 0.15) is 0 Å². The van der Waals surface area contributed by atoms with Crippen molar-refractivity contribution in [1.29, 1.82) is 0 Å². The minimum absolute atomic E-state index is 0.0471. The highest BCUT2D eigenvalue weighted by Crippen LogP contribution is 2.30. The summed E-state index contributed by atoms with van der Waals surface area (Å²) in [6, 6.07) is 6.05. The summed E-state index contributed by atoms with van der Waals surface area (Å²) < 4.78 is 0. The molecule has 0 radical (unpaired) electrons. The molecule has 1 unspecified atom stereocenters. The normalized spacial score (nSPS) is 12.5. The lowest BCUT2D eigenvalue weighted by Gasteiger charge is -2.15. The van der Waals surface area contributed by atoms with Crippen LogP contribution in [0, 0.1) is 6.92 Å². The molecular weight excluding hydrogens is 232 g/mol.